The maximum atomic E-state index is 2.86. The van der Waals surface area contributed by atoms with Crippen LogP contribution in [0, 0.1) is 34.5 Å². The molecule has 3 rings (SSSR count). The van der Waals surface area contributed by atoms with Gasteiger partial charge in [-0.3, -0.25) is 4.90 Å². The summed E-state index contributed by atoms with van der Waals surface area (Å²) < 4.78 is 0. The molecular weight excluding hydrogens is 352 g/mol. The van der Waals surface area contributed by atoms with Crippen LogP contribution in [0.15, 0.2) is 0 Å². The number of hydrogen-bond acceptors (Lipinski definition) is 2. The third-order valence-electron chi connectivity index (χ3n) is 9.62. The Morgan fingerprint density at radius 1 is 0.724 bits per heavy atom. The van der Waals surface area contributed by atoms with Crippen molar-refractivity contribution in [2.24, 2.45) is 34.5 Å². The van der Waals surface area contributed by atoms with Crippen molar-refractivity contribution < 1.29 is 0 Å². The Morgan fingerprint density at radius 2 is 1.38 bits per heavy atom. The first-order chi connectivity index (χ1) is 13.4. The summed E-state index contributed by atoms with van der Waals surface area (Å²) in [4.78, 5) is 5.41. The summed E-state index contributed by atoms with van der Waals surface area (Å²) in [6.07, 6.45) is 11.5. The fourth-order valence-corrected chi connectivity index (χ4v) is 7.20. The molecule has 1 aliphatic carbocycles. The smallest absolute Gasteiger partial charge is 0.0193 e. The molecule has 0 amide bonds. The van der Waals surface area contributed by atoms with E-state index in [0.717, 1.165) is 23.7 Å². The lowest BCUT2D eigenvalue weighted by molar-refractivity contribution is -0.0152. The van der Waals surface area contributed by atoms with Crippen LogP contribution in [-0.2, 0) is 0 Å². The zero-order chi connectivity index (χ0) is 21.4. The summed E-state index contributed by atoms with van der Waals surface area (Å²) >= 11 is 0. The molecule has 3 unspecified atom stereocenters. The predicted molar refractivity (Wildman–Crippen MR) is 127 cm³/mol. The zero-order valence-electron chi connectivity index (χ0n) is 21.2. The van der Waals surface area contributed by atoms with Crippen LogP contribution in [0.1, 0.15) is 99.8 Å². The third-order valence-corrected chi connectivity index (χ3v) is 9.62. The molecule has 2 heteroatoms. The van der Waals surface area contributed by atoms with Crippen molar-refractivity contribution in [1.29, 1.82) is 0 Å². The van der Waals surface area contributed by atoms with Gasteiger partial charge in [-0.2, -0.15) is 0 Å². The predicted octanol–water partition coefficient (Wildman–Crippen LogP) is 6.70. The molecule has 1 saturated carbocycles. The lowest BCUT2D eigenvalue weighted by atomic mass is 9.67. The van der Waals surface area contributed by atoms with Gasteiger partial charge in [0.25, 0.3) is 0 Å². The van der Waals surface area contributed by atoms with Crippen LogP contribution in [-0.4, -0.2) is 48.6 Å². The van der Waals surface area contributed by atoms with Gasteiger partial charge in [-0.25, -0.2) is 0 Å². The highest BCUT2D eigenvalue weighted by molar-refractivity contribution is 4.96. The molecular formula is C27H52N2. The minimum absolute atomic E-state index is 0.356. The van der Waals surface area contributed by atoms with Gasteiger partial charge in [-0.1, -0.05) is 41.0 Å². The Kier molecular flexibility index (Phi) is 7.16. The molecule has 2 nitrogen and oxygen atoms in total. The number of rotatable bonds is 5. The van der Waals surface area contributed by atoms with Crippen molar-refractivity contribution in [3.05, 3.63) is 0 Å². The molecule has 170 valence electrons. The van der Waals surface area contributed by atoms with Crippen LogP contribution in [0.5, 0.6) is 0 Å². The van der Waals surface area contributed by atoms with Gasteiger partial charge in [0.2, 0.25) is 0 Å². The second kappa shape index (κ2) is 8.81. The van der Waals surface area contributed by atoms with Crippen molar-refractivity contribution in [1.82, 2.24) is 9.80 Å². The highest BCUT2D eigenvalue weighted by Crippen LogP contribution is 2.49. The molecule has 3 aliphatic rings. The number of nitrogens with zero attached hydrogens (tertiary/aromatic N) is 2. The molecule has 0 aromatic heterocycles. The van der Waals surface area contributed by atoms with Crippen LogP contribution in [0.25, 0.3) is 0 Å². The van der Waals surface area contributed by atoms with Gasteiger partial charge in [-0.15, -0.1) is 0 Å². The van der Waals surface area contributed by atoms with Gasteiger partial charge in [0, 0.05) is 12.1 Å². The minimum Gasteiger partial charge on any atom is -0.306 e. The first-order valence-corrected chi connectivity index (χ1v) is 12.8. The van der Waals surface area contributed by atoms with E-state index in [1.807, 2.05) is 0 Å². The molecule has 3 atom stereocenters. The van der Waals surface area contributed by atoms with Crippen molar-refractivity contribution in [2.75, 3.05) is 33.2 Å². The first-order valence-electron chi connectivity index (χ1n) is 12.8. The largest absolute Gasteiger partial charge is 0.306 e. The maximum Gasteiger partial charge on any atom is 0.0193 e. The van der Waals surface area contributed by atoms with E-state index in [1.165, 1.54) is 77.5 Å². The monoisotopic (exact) mass is 404 g/mol. The van der Waals surface area contributed by atoms with Gasteiger partial charge >= 0.3 is 0 Å². The Bertz CT molecular complexity index is 521. The average Bonchev–Trinajstić information content (AvgIpc) is 3.10. The van der Waals surface area contributed by atoms with E-state index in [4.69, 9.17) is 0 Å². The normalized spacial score (nSPS) is 32.1. The van der Waals surface area contributed by atoms with Crippen LogP contribution < -0.4 is 0 Å². The number of piperidine rings is 2. The van der Waals surface area contributed by atoms with E-state index < -0.39 is 0 Å². The van der Waals surface area contributed by atoms with Crippen molar-refractivity contribution in [2.45, 2.75) is 105 Å². The molecule has 0 bridgehead atoms. The minimum atomic E-state index is 0.356. The number of hydrogen-bond donors (Lipinski definition) is 0. The molecule has 0 aromatic carbocycles. The second-order valence-corrected chi connectivity index (χ2v) is 13.5. The van der Waals surface area contributed by atoms with Crippen molar-refractivity contribution >= 4 is 0 Å². The standard InChI is InChI=1S/C27H52N2/c1-25(2,3)23-12-11-21(18-23)19-26(4,5)22-13-16-29(17-14-22)27(6,7)24-10-9-15-28(8)20-24/h21-24H,9-20H2,1-8H3. The van der Waals surface area contributed by atoms with Gasteiger partial charge in [-0.05, 0) is 120 Å². The summed E-state index contributed by atoms with van der Waals surface area (Å²) in [5.74, 6) is 3.66. The summed E-state index contributed by atoms with van der Waals surface area (Å²) in [6.45, 7) is 22.8. The van der Waals surface area contributed by atoms with E-state index in [1.54, 1.807) is 0 Å². The summed E-state index contributed by atoms with van der Waals surface area (Å²) in [5, 5.41) is 0. The highest BCUT2D eigenvalue weighted by Gasteiger charge is 2.42. The quantitative estimate of drug-likeness (QED) is 0.503. The lowest BCUT2D eigenvalue weighted by Gasteiger charge is -2.51. The molecule has 0 aromatic rings. The van der Waals surface area contributed by atoms with Crippen LogP contribution in [0.3, 0.4) is 0 Å². The fraction of sp³-hybridized carbons (Fsp3) is 1.00. The molecule has 29 heavy (non-hydrogen) atoms. The summed E-state index contributed by atoms with van der Waals surface area (Å²) in [5.41, 5.74) is 1.37. The van der Waals surface area contributed by atoms with Crippen molar-refractivity contribution in [3.63, 3.8) is 0 Å². The van der Waals surface area contributed by atoms with E-state index in [-0.39, 0.29) is 0 Å². The Morgan fingerprint density at radius 3 is 1.93 bits per heavy atom. The Labute approximate surface area is 183 Å². The van der Waals surface area contributed by atoms with Gasteiger partial charge in [0.15, 0.2) is 0 Å². The van der Waals surface area contributed by atoms with Gasteiger partial charge in [0.1, 0.15) is 0 Å². The third kappa shape index (κ3) is 5.59. The average molecular weight is 405 g/mol. The molecule has 2 heterocycles. The Hall–Kier alpha value is -0.0800. The first kappa shape index (κ1) is 23.6. The number of likely N-dealkylation sites (tertiary alicyclic amines) is 2. The van der Waals surface area contributed by atoms with E-state index in [0.29, 0.717) is 16.4 Å². The summed E-state index contributed by atoms with van der Waals surface area (Å²) in [6, 6.07) is 0. The molecule has 3 fully saturated rings. The lowest BCUT2D eigenvalue weighted by Crippen LogP contribution is -2.56. The summed E-state index contributed by atoms with van der Waals surface area (Å²) in [7, 11) is 2.31. The molecule has 0 radical (unpaired) electrons. The SMILES string of the molecule is CN1CCCC(C(C)(C)N2CCC(C(C)(C)CC3CCC(C(C)(C)C)C3)CC2)C1. The topological polar surface area (TPSA) is 6.48 Å². The zero-order valence-corrected chi connectivity index (χ0v) is 21.2. The highest BCUT2D eigenvalue weighted by atomic mass is 15.2. The van der Waals surface area contributed by atoms with Gasteiger partial charge < -0.3 is 4.90 Å². The van der Waals surface area contributed by atoms with E-state index in [9.17, 15) is 0 Å². The molecule has 0 spiro atoms. The molecule has 2 aliphatic heterocycles. The maximum absolute atomic E-state index is 2.86. The molecule has 2 saturated heterocycles. The molecule has 0 N–H and O–H groups in total. The van der Waals surface area contributed by atoms with E-state index >= 15 is 0 Å². The van der Waals surface area contributed by atoms with E-state index in [2.05, 4.69) is 65.3 Å². The van der Waals surface area contributed by atoms with Crippen molar-refractivity contribution in [3.8, 4) is 0 Å². The van der Waals surface area contributed by atoms with Crippen LogP contribution in [0.2, 0.25) is 0 Å². The Balaban J connectivity index is 1.51. The van der Waals surface area contributed by atoms with Crippen LogP contribution in [0.4, 0.5) is 0 Å². The van der Waals surface area contributed by atoms with Crippen LogP contribution >= 0.6 is 0 Å². The second-order valence-electron chi connectivity index (χ2n) is 13.5. The van der Waals surface area contributed by atoms with Gasteiger partial charge in [0.05, 0.1) is 0 Å². The fourth-order valence-electron chi connectivity index (χ4n) is 7.20.